The van der Waals surface area contributed by atoms with Gasteiger partial charge >= 0.3 is 0 Å². The molecule has 0 aromatic heterocycles. The van der Waals surface area contributed by atoms with Gasteiger partial charge in [-0.2, -0.15) is 0 Å². The molecule has 0 heterocycles. The zero-order valence-electron chi connectivity index (χ0n) is 5.81. The third kappa shape index (κ3) is 0.655. The lowest BCUT2D eigenvalue weighted by Gasteiger charge is -2.11. The highest BCUT2D eigenvalue weighted by atomic mass is 16.3. The van der Waals surface area contributed by atoms with Crippen LogP contribution in [0.4, 0.5) is 0 Å². The average molecular weight is 114 g/mol. The molecule has 1 rings (SSSR count). The highest BCUT2D eigenvalue weighted by molar-refractivity contribution is 5.02. The van der Waals surface area contributed by atoms with E-state index >= 15 is 0 Å². The maximum Gasteiger partial charge on any atom is 0.0700 e. The van der Waals surface area contributed by atoms with E-state index in [0.29, 0.717) is 11.8 Å². The Balaban J connectivity index is 2.47. The quantitative estimate of drug-likeness (QED) is 0.546. The molecule has 1 heteroatoms. The van der Waals surface area contributed by atoms with Gasteiger partial charge in [-0.25, -0.2) is 0 Å². The van der Waals surface area contributed by atoms with Gasteiger partial charge in [0.15, 0.2) is 0 Å². The monoisotopic (exact) mass is 114 g/mol. The molecule has 0 radical (unpaired) electrons. The lowest BCUT2D eigenvalue weighted by molar-refractivity contribution is 0.0846. The summed E-state index contributed by atoms with van der Waals surface area (Å²) in [5, 5.41) is 9.47. The molecule has 0 amide bonds. The van der Waals surface area contributed by atoms with E-state index in [1.165, 1.54) is 0 Å². The van der Waals surface area contributed by atoms with Crippen LogP contribution in [0, 0.1) is 11.8 Å². The highest BCUT2D eigenvalue weighted by Gasteiger charge is 2.51. The second-order valence-corrected chi connectivity index (χ2v) is 3.25. The second kappa shape index (κ2) is 1.47. The first-order valence-corrected chi connectivity index (χ1v) is 3.29. The van der Waals surface area contributed by atoms with Crippen molar-refractivity contribution in [2.24, 2.45) is 11.8 Å². The SMILES string of the molecule is CC(C)C1(O)CC1C. The molecule has 1 aliphatic rings. The molecule has 48 valence electrons. The molecule has 2 unspecified atom stereocenters. The summed E-state index contributed by atoms with van der Waals surface area (Å²) >= 11 is 0. The van der Waals surface area contributed by atoms with Crippen molar-refractivity contribution < 1.29 is 5.11 Å². The molecular weight excluding hydrogens is 100 g/mol. The first-order chi connectivity index (χ1) is 3.57. The molecule has 1 saturated carbocycles. The van der Waals surface area contributed by atoms with Crippen molar-refractivity contribution >= 4 is 0 Å². The number of hydrogen-bond donors (Lipinski definition) is 1. The van der Waals surface area contributed by atoms with Crippen LogP contribution in [0.2, 0.25) is 0 Å². The van der Waals surface area contributed by atoms with Crippen LogP contribution in [0.1, 0.15) is 27.2 Å². The van der Waals surface area contributed by atoms with Crippen LogP contribution < -0.4 is 0 Å². The molecule has 1 aliphatic carbocycles. The Labute approximate surface area is 50.7 Å². The minimum absolute atomic E-state index is 0.292. The molecule has 0 aromatic carbocycles. The van der Waals surface area contributed by atoms with Crippen LogP contribution in [0.3, 0.4) is 0 Å². The maximum atomic E-state index is 9.47. The second-order valence-electron chi connectivity index (χ2n) is 3.25. The van der Waals surface area contributed by atoms with Gasteiger partial charge < -0.3 is 5.11 Å². The molecule has 0 aliphatic heterocycles. The summed E-state index contributed by atoms with van der Waals surface area (Å²) in [7, 11) is 0. The molecule has 0 saturated heterocycles. The first-order valence-electron chi connectivity index (χ1n) is 3.29. The topological polar surface area (TPSA) is 20.2 Å². The van der Waals surface area contributed by atoms with Crippen molar-refractivity contribution in [3.63, 3.8) is 0 Å². The van der Waals surface area contributed by atoms with E-state index in [-0.39, 0.29) is 5.60 Å². The van der Waals surface area contributed by atoms with Crippen molar-refractivity contribution in [1.82, 2.24) is 0 Å². The van der Waals surface area contributed by atoms with Gasteiger partial charge in [0.2, 0.25) is 0 Å². The van der Waals surface area contributed by atoms with Crippen molar-refractivity contribution in [3.05, 3.63) is 0 Å². The van der Waals surface area contributed by atoms with Crippen LogP contribution in [-0.2, 0) is 0 Å². The van der Waals surface area contributed by atoms with E-state index in [1.54, 1.807) is 0 Å². The Morgan fingerprint density at radius 3 is 2.00 bits per heavy atom. The van der Waals surface area contributed by atoms with E-state index in [1.807, 2.05) is 0 Å². The van der Waals surface area contributed by atoms with Gasteiger partial charge in [0.1, 0.15) is 0 Å². The minimum atomic E-state index is -0.292. The third-order valence-electron chi connectivity index (χ3n) is 2.33. The lowest BCUT2D eigenvalue weighted by Crippen LogP contribution is -2.17. The highest BCUT2D eigenvalue weighted by Crippen LogP contribution is 2.48. The van der Waals surface area contributed by atoms with Crippen LogP contribution in [-0.4, -0.2) is 10.7 Å². The predicted octanol–water partition coefficient (Wildman–Crippen LogP) is 1.41. The van der Waals surface area contributed by atoms with Crippen molar-refractivity contribution in [3.8, 4) is 0 Å². The molecule has 8 heavy (non-hydrogen) atoms. The lowest BCUT2D eigenvalue weighted by atomic mass is 10.0. The Bertz CT molecular complexity index is 98.6. The van der Waals surface area contributed by atoms with E-state index in [4.69, 9.17) is 0 Å². The van der Waals surface area contributed by atoms with E-state index < -0.39 is 0 Å². The fourth-order valence-corrected chi connectivity index (χ4v) is 1.24. The first kappa shape index (κ1) is 6.09. The van der Waals surface area contributed by atoms with Crippen molar-refractivity contribution in [2.45, 2.75) is 32.8 Å². The zero-order valence-corrected chi connectivity index (χ0v) is 5.81. The smallest absolute Gasteiger partial charge is 0.0700 e. The van der Waals surface area contributed by atoms with Gasteiger partial charge in [0, 0.05) is 0 Å². The van der Waals surface area contributed by atoms with Crippen LogP contribution in [0.25, 0.3) is 0 Å². The van der Waals surface area contributed by atoms with Gasteiger partial charge in [-0.3, -0.25) is 0 Å². The van der Waals surface area contributed by atoms with Crippen LogP contribution >= 0.6 is 0 Å². The summed E-state index contributed by atoms with van der Waals surface area (Å²) in [6.45, 7) is 6.24. The van der Waals surface area contributed by atoms with Gasteiger partial charge in [0.25, 0.3) is 0 Å². The third-order valence-corrected chi connectivity index (χ3v) is 2.33. The number of rotatable bonds is 1. The largest absolute Gasteiger partial charge is 0.389 e. The Morgan fingerprint density at radius 2 is 2.00 bits per heavy atom. The number of hydrogen-bond acceptors (Lipinski definition) is 1. The Kier molecular flexibility index (Phi) is 1.12. The number of aliphatic hydroxyl groups is 1. The van der Waals surface area contributed by atoms with Crippen molar-refractivity contribution in [2.75, 3.05) is 0 Å². The Hall–Kier alpha value is -0.0400. The fourth-order valence-electron chi connectivity index (χ4n) is 1.24. The molecule has 1 fully saturated rings. The molecule has 1 N–H and O–H groups in total. The standard InChI is InChI=1S/C7H14O/c1-5(2)7(8)4-6(7)3/h5-6,8H,4H2,1-3H3. The van der Waals surface area contributed by atoms with Crippen molar-refractivity contribution in [1.29, 1.82) is 0 Å². The normalized spacial score (nSPS) is 45.4. The van der Waals surface area contributed by atoms with Gasteiger partial charge in [0.05, 0.1) is 5.60 Å². The molecule has 2 atom stereocenters. The summed E-state index contributed by atoms with van der Waals surface area (Å²) in [6.07, 6.45) is 1.00. The van der Waals surface area contributed by atoms with Gasteiger partial charge in [-0.15, -0.1) is 0 Å². The molecule has 0 spiro atoms. The summed E-state index contributed by atoms with van der Waals surface area (Å²) in [6, 6.07) is 0. The summed E-state index contributed by atoms with van der Waals surface area (Å²) < 4.78 is 0. The summed E-state index contributed by atoms with van der Waals surface area (Å²) in [5.74, 6) is 0.986. The molecular formula is C7H14O. The van der Waals surface area contributed by atoms with Gasteiger partial charge in [-0.1, -0.05) is 20.8 Å². The molecule has 0 bridgehead atoms. The Morgan fingerprint density at radius 1 is 1.62 bits per heavy atom. The van der Waals surface area contributed by atoms with E-state index in [2.05, 4.69) is 20.8 Å². The molecule has 0 aromatic rings. The maximum absolute atomic E-state index is 9.47. The predicted molar refractivity (Wildman–Crippen MR) is 33.6 cm³/mol. The van der Waals surface area contributed by atoms with E-state index in [0.717, 1.165) is 6.42 Å². The minimum Gasteiger partial charge on any atom is -0.389 e. The fraction of sp³-hybridized carbons (Fsp3) is 1.00. The van der Waals surface area contributed by atoms with Gasteiger partial charge in [-0.05, 0) is 18.3 Å². The van der Waals surface area contributed by atoms with Crippen LogP contribution in [0.15, 0.2) is 0 Å². The average Bonchev–Trinajstić information content (AvgIpc) is 2.17. The molecule has 1 nitrogen and oxygen atoms in total. The summed E-state index contributed by atoms with van der Waals surface area (Å²) in [5.41, 5.74) is -0.292. The van der Waals surface area contributed by atoms with Crippen LogP contribution in [0.5, 0.6) is 0 Å². The van der Waals surface area contributed by atoms with E-state index in [9.17, 15) is 5.11 Å². The zero-order chi connectivity index (χ0) is 6.36. The summed E-state index contributed by atoms with van der Waals surface area (Å²) in [4.78, 5) is 0.